The van der Waals surface area contributed by atoms with Crippen LogP contribution < -0.4 is 14.8 Å². The number of carbonyl (C=O) groups is 1. The summed E-state index contributed by atoms with van der Waals surface area (Å²) in [5.74, 6) is 1.20. The number of amides is 1. The highest BCUT2D eigenvalue weighted by atomic mass is 32.2. The number of hydrogen-bond acceptors (Lipinski definition) is 7. The van der Waals surface area contributed by atoms with Gasteiger partial charge in [0, 0.05) is 30.4 Å². The Morgan fingerprint density at radius 3 is 1.93 bits per heavy atom. The molecular formula is C29H32F2N4O6S. The number of fused-ring (bicyclic) bond motifs is 1. The highest BCUT2D eigenvalue weighted by Crippen LogP contribution is 2.32. The van der Waals surface area contributed by atoms with E-state index >= 15 is 0 Å². The lowest BCUT2D eigenvalue weighted by Crippen LogP contribution is -2.31. The average molecular weight is 603 g/mol. The van der Waals surface area contributed by atoms with Gasteiger partial charge in [0.1, 0.15) is 17.1 Å². The third-order valence-corrected chi connectivity index (χ3v) is 7.94. The van der Waals surface area contributed by atoms with Gasteiger partial charge in [0.15, 0.2) is 0 Å². The van der Waals surface area contributed by atoms with E-state index in [0.717, 1.165) is 6.20 Å². The van der Waals surface area contributed by atoms with Crippen molar-refractivity contribution in [3.63, 3.8) is 0 Å². The second-order valence-corrected chi connectivity index (χ2v) is 12.3. The summed E-state index contributed by atoms with van der Waals surface area (Å²) in [5.41, 5.74) is 0.472. The number of hydrogen-bond donors (Lipinski definition) is 1. The third-order valence-electron chi connectivity index (χ3n) is 6.10. The number of alkyl halides is 2. The van der Waals surface area contributed by atoms with Gasteiger partial charge in [-0.1, -0.05) is 24.3 Å². The Bertz CT molecular complexity index is 1600. The summed E-state index contributed by atoms with van der Waals surface area (Å²) in [5, 5.41) is 6.33. The van der Waals surface area contributed by atoms with Gasteiger partial charge in [-0.2, -0.15) is 18.2 Å². The van der Waals surface area contributed by atoms with E-state index in [1.165, 1.54) is 30.7 Å². The Morgan fingerprint density at radius 1 is 0.952 bits per heavy atom. The molecule has 0 spiro atoms. The van der Waals surface area contributed by atoms with Crippen molar-refractivity contribution >= 4 is 32.7 Å². The van der Waals surface area contributed by atoms with Gasteiger partial charge in [-0.25, -0.2) is 17.9 Å². The van der Waals surface area contributed by atoms with Crippen LogP contribution in [0.15, 0.2) is 71.8 Å². The molecule has 0 saturated carbocycles. The highest BCUT2D eigenvalue weighted by Gasteiger charge is 2.30. The molecule has 0 radical (unpaired) electrons. The molecule has 0 bridgehead atoms. The lowest BCUT2D eigenvalue weighted by atomic mass is 10.2. The molecule has 0 aliphatic heterocycles. The summed E-state index contributed by atoms with van der Waals surface area (Å²) in [7, 11) is -1.33. The van der Waals surface area contributed by atoms with Crippen LogP contribution in [0.25, 0.3) is 10.9 Å². The minimum Gasteiger partial charge on any atom is -0.497 e. The molecular weight excluding hydrogens is 570 g/mol. The molecule has 1 N–H and O–H groups in total. The maximum absolute atomic E-state index is 14.4. The number of halogens is 2. The van der Waals surface area contributed by atoms with Crippen molar-refractivity contribution in [3.8, 4) is 11.5 Å². The van der Waals surface area contributed by atoms with E-state index in [-0.39, 0.29) is 34.6 Å². The first-order valence-electron chi connectivity index (χ1n) is 12.9. The number of sulfonamides is 1. The molecule has 1 amide bonds. The van der Waals surface area contributed by atoms with E-state index in [1.54, 1.807) is 69.3 Å². The lowest BCUT2D eigenvalue weighted by Gasteiger charge is -2.24. The summed E-state index contributed by atoms with van der Waals surface area (Å²) in [6.45, 7) is 1.91. The monoisotopic (exact) mass is 602 g/mol. The molecule has 10 nitrogen and oxygen atoms in total. The van der Waals surface area contributed by atoms with Crippen LogP contribution in [0.4, 0.5) is 19.3 Å². The van der Waals surface area contributed by atoms with Crippen LogP contribution in [0.5, 0.6) is 11.5 Å². The van der Waals surface area contributed by atoms with Crippen molar-refractivity contribution in [2.24, 2.45) is 0 Å². The van der Waals surface area contributed by atoms with E-state index < -0.39 is 28.3 Å². The molecule has 0 saturated heterocycles. The molecule has 0 unspecified atom stereocenters. The van der Waals surface area contributed by atoms with E-state index in [1.807, 2.05) is 0 Å². The summed E-state index contributed by atoms with van der Waals surface area (Å²) >= 11 is 0. The quantitative estimate of drug-likeness (QED) is 0.231. The SMILES string of the molecule is COc1ccc(CN(Cc2ccc(OC)cc2)S(=O)(=O)c2cc(NC(=O)OC(C)(C)C)cc3nn(C(F)F)cc23)cc1. The van der Waals surface area contributed by atoms with Gasteiger partial charge in [0.25, 0.3) is 0 Å². The number of ether oxygens (including phenoxy) is 3. The van der Waals surface area contributed by atoms with Gasteiger partial charge in [-0.3, -0.25) is 5.32 Å². The zero-order chi connectivity index (χ0) is 30.7. The zero-order valence-electron chi connectivity index (χ0n) is 23.8. The van der Waals surface area contributed by atoms with Crippen LogP contribution in [-0.2, 0) is 27.8 Å². The van der Waals surface area contributed by atoms with Gasteiger partial charge in [0.05, 0.1) is 24.6 Å². The predicted octanol–water partition coefficient (Wildman–Crippen LogP) is 6.19. The summed E-state index contributed by atoms with van der Waals surface area (Å²) in [6.07, 6.45) is 0.134. The second-order valence-electron chi connectivity index (χ2n) is 10.4. The Morgan fingerprint density at radius 2 is 1.48 bits per heavy atom. The normalized spacial score (nSPS) is 12.1. The van der Waals surface area contributed by atoms with E-state index in [4.69, 9.17) is 14.2 Å². The van der Waals surface area contributed by atoms with Gasteiger partial charge < -0.3 is 14.2 Å². The molecule has 42 heavy (non-hydrogen) atoms. The molecule has 0 fully saturated rings. The smallest absolute Gasteiger partial charge is 0.412 e. The van der Waals surface area contributed by atoms with Crippen molar-refractivity contribution in [1.82, 2.24) is 14.1 Å². The van der Waals surface area contributed by atoms with E-state index in [9.17, 15) is 22.0 Å². The minimum absolute atomic E-state index is 0.0173. The first kappa shape index (κ1) is 30.7. The molecule has 0 aliphatic rings. The molecule has 3 aromatic carbocycles. The molecule has 1 heterocycles. The average Bonchev–Trinajstić information content (AvgIpc) is 3.36. The largest absolute Gasteiger partial charge is 0.497 e. The minimum atomic E-state index is -4.38. The first-order valence-corrected chi connectivity index (χ1v) is 14.3. The van der Waals surface area contributed by atoms with Gasteiger partial charge in [-0.05, 0) is 68.3 Å². The van der Waals surface area contributed by atoms with Crippen LogP contribution in [0.2, 0.25) is 0 Å². The third kappa shape index (κ3) is 7.34. The summed E-state index contributed by atoms with van der Waals surface area (Å²) in [6, 6.07) is 16.3. The fourth-order valence-electron chi connectivity index (χ4n) is 4.15. The number of nitrogens with zero attached hydrogens (tertiary/aromatic N) is 3. The number of methoxy groups -OCH3 is 2. The highest BCUT2D eigenvalue weighted by molar-refractivity contribution is 7.89. The second kappa shape index (κ2) is 12.3. The number of rotatable bonds is 10. The number of benzene rings is 3. The van der Waals surface area contributed by atoms with Crippen LogP contribution in [0.3, 0.4) is 0 Å². The van der Waals surface area contributed by atoms with Crippen molar-refractivity contribution in [2.75, 3.05) is 19.5 Å². The topological polar surface area (TPSA) is 112 Å². The number of nitrogens with one attached hydrogen (secondary N) is 1. The summed E-state index contributed by atoms with van der Waals surface area (Å²) < 4.78 is 73.3. The Hall–Kier alpha value is -4.23. The molecule has 4 rings (SSSR count). The summed E-state index contributed by atoms with van der Waals surface area (Å²) in [4.78, 5) is 12.2. The Kier molecular flexibility index (Phi) is 9.02. The standard InChI is InChI=1S/C29H32F2N4O6S/c1-29(2,3)41-28(36)32-21-14-25-24(18-35(33-25)27(30)31)26(15-21)42(37,38)34(16-19-6-10-22(39-4)11-7-19)17-20-8-12-23(40-5)13-9-20/h6-15,18,27H,16-17H2,1-5H3,(H,32,36). The van der Waals surface area contributed by atoms with E-state index in [0.29, 0.717) is 27.3 Å². The Balaban J connectivity index is 1.82. The first-order chi connectivity index (χ1) is 19.8. The van der Waals surface area contributed by atoms with Gasteiger partial charge in [-0.15, -0.1) is 0 Å². The number of aromatic nitrogens is 2. The molecule has 0 aliphatic carbocycles. The maximum atomic E-state index is 14.4. The van der Waals surface area contributed by atoms with Gasteiger partial charge in [0.2, 0.25) is 10.0 Å². The van der Waals surface area contributed by atoms with Crippen LogP contribution in [0.1, 0.15) is 38.4 Å². The lowest BCUT2D eigenvalue weighted by molar-refractivity contribution is 0.0572. The van der Waals surface area contributed by atoms with Gasteiger partial charge >= 0.3 is 12.6 Å². The van der Waals surface area contributed by atoms with Crippen molar-refractivity contribution < 1.29 is 36.2 Å². The van der Waals surface area contributed by atoms with Crippen molar-refractivity contribution in [1.29, 1.82) is 0 Å². The molecule has 1 aromatic heterocycles. The number of anilines is 1. The van der Waals surface area contributed by atoms with Crippen molar-refractivity contribution in [2.45, 2.75) is 50.9 Å². The molecule has 224 valence electrons. The van der Waals surface area contributed by atoms with Crippen LogP contribution in [0, 0.1) is 0 Å². The number of carbonyl (C=O) groups excluding carboxylic acids is 1. The predicted molar refractivity (Wildman–Crippen MR) is 153 cm³/mol. The fourth-order valence-corrected chi connectivity index (χ4v) is 5.78. The Labute approximate surface area is 242 Å². The van der Waals surface area contributed by atoms with E-state index in [2.05, 4.69) is 10.4 Å². The molecule has 4 aromatic rings. The molecule has 13 heteroatoms. The molecule has 0 atom stereocenters. The zero-order valence-corrected chi connectivity index (χ0v) is 24.6. The van der Waals surface area contributed by atoms with Crippen LogP contribution >= 0.6 is 0 Å². The fraction of sp³-hybridized carbons (Fsp3) is 0.310. The van der Waals surface area contributed by atoms with Crippen molar-refractivity contribution in [3.05, 3.63) is 78.0 Å². The maximum Gasteiger partial charge on any atom is 0.412 e. The van der Waals surface area contributed by atoms with Crippen LogP contribution in [-0.4, -0.2) is 48.4 Å².